The van der Waals surface area contributed by atoms with Gasteiger partial charge in [-0.15, -0.1) is 0 Å². The van der Waals surface area contributed by atoms with Crippen molar-refractivity contribution in [2.24, 2.45) is 0 Å². The molecule has 1 atom stereocenters. The largest absolute Gasteiger partial charge is 0.480 e. The van der Waals surface area contributed by atoms with E-state index in [0.29, 0.717) is 38.8 Å². The molecule has 0 aromatic heterocycles. The summed E-state index contributed by atoms with van der Waals surface area (Å²) < 4.78 is 27.7. The lowest BCUT2D eigenvalue weighted by Crippen LogP contribution is -2.56. The monoisotopic (exact) mass is 306 g/mol. The molecule has 20 heavy (non-hydrogen) atoms. The molecule has 118 valence electrons. The van der Waals surface area contributed by atoms with Gasteiger partial charge < -0.3 is 5.11 Å². The van der Waals surface area contributed by atoms with Gasteiger partial charge in [0, 0.05) is 20.1 Å². The van der Waals surface area contributed by atoms with E-state index < -0.39 is 21.7 Å². The Kier molecular flexibility index (Phi) is 5.97. The van der Waals surface area contributed by atoms with Gasteiger partial charge in [-0.3, -0.25) is 4.79 Å². The van der Waals surface area contributed by atoms with E-state index >= 15 is 0 Å². The van der Waals surface area contributed by atoms with E-state index in [4.69, 9.17) is 0 Å². The number of carbonyl (C=O) groups is 1. The third kappa shape index (κ3) is 3.15. The Morgan fingerprint density at radius 1 is 1.35 bits per heavy atom. The van der Waals surface area contributed by atoms with Crippen LogP contribution in [0.5, 0.6) is 0 Å². The third-order valence-electron chi connectivity index (χ3n) is 3.99. The van der Waals surface area contributed by atoms with Crippen LogP contribution in [0, 0.1) is 0 Å². The molecule has 0 bridgehead atoms. The Bertz CT molecular complexity index is 438. The quantitative estimate of drug-likeness (QED) is 0.740. The normalized spacial score (nSPS) is 24.4. The first-order chi connectivity index (χ1) is 9.32. The number of nitrogens with zero attached hydrogens (tertiary/aromatic N) is 2. The fourth-order valence-electron chi connectivity index (χ4n) is 2.84. The highest BCUT2D eigenvalue weighted by Gasteiger charge is 2.53. The predicted octanol–water partition coefficient (Wildman–Crippen LogP) is 1.68. The Balaban J connectivity index is 3.05. The number of carboxylic acid groups (broad SMARTS) is 1. The van der Waals surface area contributed by atoms with E-state index in [9.17, 15) is 18.3 Å². The Hall–Kier alpha value is -0.660. The number of hydrogen-bond donors (Lipinski definition) is 1. The van der Waals surface area contributed by atoms with Crippen molar-refractivity contribution >= 4 is 16.2 Å². The van der Waals surface area contributed by atoms with Crippen LogP contribution in [0.15, 0.2) is 0 Å². The van der Waals surface area contributed by atoms with Gasteiger partial charge in [0.1, 0.15) is 5.54 Å². The van der Waals surface area contributed by atoms with Crippen LogP contribution in [-0.2, 0) is 15.0 Å². The van der Waals surface area contributed by atoms with E-state index in [1.807, 2.05) is 13.8 Å². The molecule has 1 heterocycles. The van der Waals surface area contributed by atoms with Crippen molar-refractivity contribution in [3.8, 4) is 0 Å². The fourth-order valence-corrected chi connectivity index (χ4v) is 4.60. The summed E-state index contributed by atoms with van der Waals surface area (Å²) in [6.45, 7) is 4.60. The molecule has 0 amide bonds. The Morgan fingerprint density at radius 2 is 2.00 bits per heavy atom. The van der Waals surface area contributed by atoms with Crippen molar-refractivity contribution in [1.29, 1.82) is 0 Å². The first-order valence-corrected chi connectivity index (χ1v) is 8.70. The van der Waals surface area contributed by atoms with Crippen LogP contribution < -0.4 is 0 Å². The van der Waals surface area contributed by atoms with Gasteiger partial charge in [-0.1, -0.05) is 26.7 Å². The number of aliphatic carboxylic acids is 1. The molecule has 0 radical (unpaired) electrons. The summed E-state index contributed by atoms with van der Waals surface area (Å²) in [5.74, 6) is -1.02. The van der Waals surface area contributed by atoms with Crippen molar-refractivity contribution in [3.63, 3.8) is 0 Å². The van der Waals surface area contributed by atoms with Crippen LogP contribution in [0.3, 0.4) is 0 Å². The second kappa shape index (κ2) is 6.87. The third-order valence-corrected chi connectivity index (χ3v) is 6.05. The SMILES string of the molecule is CCCCN(C)S(=O)(=O)N1CCCC1(CCC)C(=O)O. The Morgan fingerprint density at radius 3 is 2.50 bits per heavy atom. The van der Waals surface area contributed by atoms with Gasteiger partial charge in [0.05, 0.1) is 0 Å². The molecular weight excluding hydrogens is 280 g/mol. The molecule has 1 N–H and O–H groups in total. The molecule has 1 aliphatic rings. The molecule has 1 saturated heterocycles. The zero-order valence-electron chi connectivity index (χ0n) is 12.6. The number of carboxylic acids is 1. The van der Waals surface area contributed by atoms with Gasteiger partial charge in [-0.25, -0.2) is 0 Å². The molecule has 1 fully saturated rings. The summed E-state index contributed by atoms with van der Waals surface area (Å²) in [4.78, 5) is 11.7. The molecule has 7 heteroatoms. The van der Waals surface area contributed by atoms with Gasteiger partial charge in [0.15, 0.2) is 0 Å². The van der Waals surface area contributed by atoms with Crippen LogP contribution in [0.2, 0.25) is 0 Å². The van der Waals surface area contributed by atoms with Crippen LogP contribution in [-0.4, -0.2) is 53.8 Å². The van der Waals surface area contributed by atoms with E-state index in [1.54, 1.807) is 0 Å². The maximum Gasteiger partial charge on any atom is 0.325 e. The maximum absolute atomic E-state index is 12.6. The minimum atomic E-state index is -3.70. The summed E-state index contributed by atoms with van der Waals surface area (Å²) in [7, 11) is -2.17. The molecule has 1 unspecified atom stereocenters. The maximum atomic E-state index is 12.6. The standard InChI is InChI=1S/C13H26N2O4S/c1-4-6-10-14(3)20(18,19)15-11-7-9-13(15,8-5-2)12(16)17/h4-11H2,1-3H3,(H,16,17). The summed E-state index contributed by atoms with van der Waals surface area (Å²) in [5.41, 5.74) is -1.26. The Labute approximate surface area is 121 Å². The van der Waals surface area contributed by atoms with E-state index in [1.165, 1.54) is 15.7 Å². The van der Waals surface area contributed by atoms with Gasteiger partial charge in [-0.2, -0.15) is 17.0 Å². The molecule has 0 aromatic carbocycles. The van der Waals surface area contributed by atoms with Gasteiger partial charge in [0.2, 0.25) is 0 Å². The fraction of sp³-hybridized carbons (Fsp3) is 0.923. The van der Waals surface area contributed by atoms with E-state index in [0.717, 1.165) is 12.8 Å². The molecule has 1 aliphatic heterocycles. The second-order valence-corrected chi connectivity index (χ2v) is 7.41. The molecule has 0 aliphatic carbocycles. The lowest BCUT2D eigenvalue weighted by molar-refractivity contribution is -0.147. The minimum Gasteiger partial charge on any atom is -0.480 e. The highest BCUT2D eigenvalue weighted by Crippen LogP contribution is 2.37. The van der Waals surface area contributed by atoms with Crippen LogP contribution in [0.1, 0.15) is 52.4 Å². The molecule has 1 rings (SSSR count). The summed E-state index contributed by atoms with van der Waals surface area (Å²) in [5, 5.41) is 9.56. The lowest BCUT2D eigenvalue weighted by atomic mass is 9.92. The van der Waals surface area contributed by atoms with Crippen molar-refractivity contribution in [2.75, 3.05) is 20.1 Å². The first kappa shape index (κ1) is 17.4. The predicted molar refractivity (Wildman–Crippen MR) is 77.7 cm³/mol. The first-order valence-electron chi connectivity index (χ1n) is 7.30. The summed E-state index contributed by atoms with van der Waals surface area (Å²) in [6.07, 6.45) is 3.70. The highest BCUT2D eigenvalue weighted by molar-refractivity contribution is 7.86. The lowest BCUT2D eigenvalue weighted by Gasteiger charge is -2.36. The van der Waals surface area contributed by atoms with E-state index in [2.05, 4.69) is 0 Å². The van der Waals surface area contributed by atoms with Gasteiger partial charge in [0.25, 0.3) is 10.2 Å². The smallest absolute Gasteiger partial charge is 0.325 e. The molecule has 6 nitrogen and oxygen atoms in total. The highest BCUT2D eigenvalue weighted by atomic mass is 32.2. The zero-order chi connectivity index (χ0) is 15.4. The van der Waals surface area contributed by atoms with Crippen molar-refractivity contribution in [2.45, 2.75) is 57.9 Å². The number of hydrogen-bond acceptors (Lipinski definition) is 3. The minimum absolute atomic E-state index is 0.297. The molecule has 0 aromatic rings. The molecule has 0 spiro atoms. The van der Waals surface area contributed by atoms with Crippen molar-refractivity contribution < 1.29 is 18.3 Å². The summed E-state index contributed by atoms with van der Waals surface area (Å²) >= 11 is 0. The molecular formula is C13H26N2O4S. The van der Waals surface area contributed by atoms with Gasteiger partial charge >= 0.3 is 5.97 Å². The van der Waals surface area contributed by atoms with E-state index in [-0.39, 0.29) is 0 Å². The topological polar surface area (TPSA) is 77.9 Å². The van der Waals surface area contributed by atoms with Crippen LogP contribution in [0.4, 0.5) is 0 Å². The number of rotatable bonds is 8. The van der Waals surface area contributed by atoms with Gasteiger partial charge in [-0.05, 0) is 25.7 Å². The van der Waals surface area contributed by atoms with Crippen LogP contribution >= 0.6 is 0 Å². The summed E-state index contributed by atoms with van der Waals surface area (Å²) in [6, 6.07) is 0. The second-order valence-electron chi connectivity index (χ2n) is 5.45. The van der Waals surface area contributed by atoms with Crippen molar-refractivity contribution in [1.82, 2.24) is 8.61 Å². The average molecular weight is 306 g/mol. The van der Waals surface area contributed by atoms with Crippen LogP contribution in [0.25, 0.3) is 0 Å². The number of unbranched alkanes of at least 4 members (excludes halogenated alkanes) is 1. The van der Waals surface area contributed by atoms with Crippen molar-refractivity contribution in [3.05, 3.63) is 0 Å². The average Bonchev–Trinajstić information content (AvgIpc) is 2.82. The zero-order valence-corrected chi connectivity index (χ0v) is 13.4. The molecule has 0 saturated carbocycles.